The molecule has 1 heterocycles. The largest absolute Gasteiger partial charge is 0.359 e. The first-order valence-corrected chi connectivity index (χ1v) is 11.4. The molecule has 1 unspecified atom stereocenters. The molecule has 0 aromatic heterocycles. The first-order valence-electron chi connectivity index (χ1n) is 11.4. The Hall–Kier alpha value is -3.47. The molecule has 1 N–H and O–H groups in total. The molecule has 4 rings (SSSR count). The number of aryl methyl sites for hydroxylation is 1. The van der Waals surface area contributed by atoms with Gasteiger partial charge in [-0.2, -0.15) is 0 Å². The Morgan fingerprint density at radius 1 is 0.939 bits per heavy atom. The van der Waals surface area contributed by atoms with Gasteiger partial charge in [-0.1, -0.05) is 72.8 Å². The Bertz CT molecular complexity index is 1130. The van der Waals surface area contributed by atoms with Crippen LogP contribution in [0.1, 0.15) is 24.0 Å². The highest BCUT2D eigenvalue weighted by molar-refractivity contribution is 5.86. The minimum absolute atomic E-state index is 0.0621. The van der Waals surface area contributed by atoms with Gasteiger partial charge in [0.1, 0.15) is 5.82 Å². The highest BCUT2D eigenvalue weighted by Gasteiger charge is 2.45. The van der Waals surface area contributed by atoms with E-state index in [0.717, 1.165) is 16.7 Å². The van der Waals surface area contributed by atoms with E-state index in [9.17, 15) is 14.0 Å². The lowest BCUT2D eigenvalue weighted by Crippen LogP contribution is -2.44. The maximum atomic E-state index is 14.5. The minimum Gasteiger partial charge on any atom is -0.359 e. The van der Waals surface area contributed by atoms with Crippen molar-refractivity contribution >= 4 is 11.8 Å². The molecule has 0 radical (unpaired) electrons. The van der Waals surface area contributed by atoms with Gasteiger partial charge in [-0.25, -0.2) is 4.39 Å². The molecular formula is C28H29FN2O2. The molecule has 0 aliphatic carbocycles. The molecule has 2 amide bonds. The highest BCUT2D eigenvalue weighted by atomic mass is 19.1. The molecule has 0 bridgehead atoms. The summed E-state index contributed by atoms with van der Waals surface area (Å²) in [5, 5.41) is 2.80. The van der Waals surface area contributed by atoms with Crippen molar-refractivity contribution < 1.29 is 14.0 Å². The standard InChI is InChI=1S/C28H29FN2O2/c1-30-27(33)28(17-18-31(20-28)26(32)16-15-21-9-3-2-4-10-21)19-22-11-5-6-12-23(22)24-13-7-8-14-25(24)29/h2-14H,15-20H2,1H3,(H,30,33). The van der Waals surface area contributed by atoms with Crippen LogP contribution < -0.4 is 5.32 Å². The molecule has 0 spiro atoms. The molecule has 4 nitrogen and oxygen atoms in total. The summed E-state index contributed by atoms with van der Waals surface area (Å²) < 4.78 is 14.5. The quantitative estimate of drug-likeness (QED) is 0.578. The Labute approximate surface area is 194 Å². The molecule has 3 aromatic rings. The van der Waals surface area contributed by atoms with Gasteiger partial charge in [-0.15, -0.1) is 0 Å². The number of amides is 2. The predicted molar refractivity (Wildman–Crippen MR) is 128 cm³/mol. The SMILES string of the molecule is CNC(=O)C1(Cc2ccccc2-c2ccccc2F)CCN(C(=O)CCc2ccccc2)C1. The second-order valence-electron chi connectivity index (χ2n) is 8.72. The summed E-state index contributed by atoms with van der Waals surface area (Å²) in [5.41, 5.74) is 2.60. The van der Waals surface area contributed by atoms with Gasteiger partial charge >= 0.3 is 0 Å². The molecule has 1 saturated heterocycles. The van der Waals surface area contributed by atoms with Crippen LogP contribution in [-0.2, 0) is 22.4 Å². The van der Waals surface area contributed by atoms with Gasteiger partial charge in [0.25, 0.3) is 0 Å². The van der Waals surface area contributed by atoms with E-state index < -0.39 is 5.41 Å². The fourth-order valence-electron chi connectivity index (χ4n) is 4.80. The molecule has 1 fully saturated rings. The molecular weight excluding hydrogens is 415 g/mol. The smallest absolute Gasteiger partial charge is 0.228 e. The van der Waals surface area contributed by atoms with Gasteiger partial charge < -0.3 is 10.2 Å². The van der Waals surface area contributed by atoms with Crippen LogP contribution in [0.2, 0.25) is 0 Å². The van der Waals surface area contributed by atoms with Crippen LogP contribution in [0.4, 0.5) is 4.39 Å². The van der Waals surface area contributed by atoms with Crippen LogP contribution in [0, 0.1) is 11.2 Å². The van der Waals surface area contributed by atoms with Crippen molar-refractivity contribution in [2.24, 2.45) is 5.41 Å². The molecule has 5 heteroatoms. The number of carbonyl (C=O) groups excluding carboxylic acids is 2. The number of halogens is 1. The van der Waals surface area contributed by atoms with E-state index in [1.54, 1.807) is 19.2 Å². The third-order valence-electron chi connectivity index (χ3n) is 6.60. The average Bonchev–Trinajstić information content (AvgIpc) is 3.29. The Balaban J connectivity index is 1.55. The molecule has 33 heavy (non-hydrogen) atoms. The Morgan fingerprint density at radius 2 is 1.61 bits per heavy atom. The van der Waals surface area contributed by atoms with Crippen molar-refractivity contribution in [1.29, 1.82) is 0 Å². The van der Waals surface area contributed by atoms with Crippen molar-refractivity contribution in [3.63, 3.8) is 0 Å². The molecule has 3 aromatic carbocycles. The van der Waals surface area contributed by atoms with E-state index in [1.807, 2.05) is 65.6 Å². The van der Waals surface area contributed by atoms with Crippen molar-refractivity contribution in [1.82, 2.24) is 10.2 Å². The highest BCUT2D eigenvalue weighted by Crippen LogP contribution is 2.38. The van der Waals surface area contributed by atoms with Crippen molar-refractivity contribution in [3.05, 3.63) is 95.8 Å². The van der Waals surface area contributed by atoms with Crippen LogP contribution in [0.3, 0.4) is 0 Å². The summed E-state index contributed by atoms with van der Waals surface area (Å²) in [5.74, 6) is -0.306. The van der Waals surface area contributed by atoms with Crippen molar-refractivity contribution in [3.8, 4) is 11.1 Å². The lowest BCUT2D eigenvalue weighted by atomic mass is 9.78. The number of rotatable bonds is 7. The maximum absolute atomic E-state index is 14.5. The van der Waals surface area contributed by atoms with E-state index in [0.29, 0.717) is 44.3 Å². The molecule has 0 saturated carbocycles. The Kier molecular flexibility index (Phi) is 6.87. The van der Waals surface area contributed by atoms with Gasteiger partial charge in [0.2, 0.25) is 11.8 Å². The number of likely N-dealkylation sites (tertiary alicyclic amines) is 1. The topological polar surface area (TPSA) is 49.4 Å². The Morgan fingerprint density at radius 3 is 2.33 bits per heavy atom. The van der Waals surface area contributed by atoms with Gasteiger partial charge in [-0.3, -0.25) is 9.59 Å². The normalized spacial score (nSPS) is 17.7. The third-order valence-corrected chi connectivity index (χ3v) is 6.60. The second-order valence-corrected chi connectivity index (χ2v) is 8.72. The van der Waals surface area contributed by atoms with E-state index in [-0.39, 0.29) is 17.6 Å². The van der Waals surface area contributed by atoms with Crippen LogP contribution in [0.25, 0.3) is 11.1 Å². The molecule has 170 valence electrons. The van der Waals surface area contributed by atoms with Gasteiger partial charge in [0.05, 0.1) is 5.41 Å². The van der Waals surface area contributed by atoms with Crippen LogP contribution in [-0.4, -0.2) is 36.9 Å². The minimum atomic E-state index is -0.738. The van der Waals surface area contributed by atoms with Gasteiger partial charge in [0.15, 0.2) is 0 Å². The molecule has 1 atom stereocenters. The first kappa shape index (κ1) is 22.7. The van der Waals surface area contributed by atoms with Gasteiger partial charge in [0, 0.05) is 32.1 Å². The summed E-state index contributed by atoms with van der Waals surface area (Å²) in [6, 6.07) is 24.3. The van der Waals surface area contributed by atoms with Crippen LogP contribution in [0.15, 0.2) is 78.9 Å². The summed E-state index contributed by atoms with van der Waals surface area (Å²) in [6.45, 7) is 0.912. The lowest BCUT2D eigenvalue weighted by molar-refractivity contribution is -0.133. The summed E-state index contributed by atoms with van der Waals surface area (Å²) in [6.07, 6.45) is 2.12. The lowest BCUT2D eigenvalue weighted by Gasteiger charge is -2.29. The molecule has 1 aliphatic heterocycles. The average molecular weight is 445 g/mol. The zero-order valence-corrected chi connectivity index (χ0v) is 18.9. The number of benzene rings is 3. The fourth-order valence-corrected chi connectivity index (χ4v) is 4.80. The zero-order valence-electron chi connectivity index (χ0n) is 18.9. The van der Waals surface area contributed by atoms with E-state index in [1.165, 1.54) is 6.07 Å². The summed E-state index contributed by atoms with van der Waals surface area (Å²) in [7, 11) is 1.63. The number of hydrogen-bond donors (Lipinski definition) is 1. The van der Waals surface area contributed by atoms with E-state index in [4.69, 9.17) is 0 Å². The maximum Gasteiger partial charge on any atom is 0.228 e. The fraction of sp³-hybridized carbons (Fsp3) is 0.286. The predicted octanol–water partition coefficient (Wildman–Crippen LogP) is 4.63. The number of nitrogens with zero attached hydrogens (tertiary/aromatic N) is 1. The monoisotopic (exact) mass is 444 g/mol. The van der Waals surface area contributed by atoms with Crippen molar-refractivity contribution in [2.75, 3.05) is 20.1 Å². The number of carbonyl (C=O) groups is 2. The zero-order chi connectivity index (χ0) is 23.3. The summed E-state index contributed by atoms with van der Waals surface area (Å²) in [4.78, 5) is 27.8. The van der Waals surface area contributed by atoms with Gasteiger partial charge in [-0.05, 0) is 42.0 Å². The molecule has 1 aliphatic rings. The van der Waals surface area contributed by atoms with Crippen LogP contribution >= 0.6 is 0 Å². The third kappa shape index (κ3) is 4.98. The number of nitrogens with one attached hydrogen (secondary N) is 1. The first-order chi connectivity index (χ1) is 16.0. The second kappa shape index (κ2) is 9.99. The van der Waals surface area contributed by atoms with Crippen molar-refractivity contribution in [2.45, 2.75) is 25.7 Å². The van der Waals surface area contributed by atoms with Crippen LogP contribution in [0.5, 0.6) is 0 Å². The van der Waals surface area contributed by atoms with E-state index >= 15 is 0 Å². The summed E-state index contributed by atoms with van der Waals surface area (Å²) >= 11 is 0. The van der Waals surface area contributed by atoms with E-state index in [2.05, 4.69) is 5.32 Å². The number of hydrogen-bond acceptors (Lipinski definition) is 2.